The van der Waals surface area contributed by atoms with E-state index in [0.717, 1.165) is 11.3 Å². The molecule has 1 fully saturated rings. The van der Waals surface area contributed by atoms with Gasteiger partial charge in [-0.15, -0.1) is 0 Å². The quantitative estimate of drug-likeness (QED) is 0.520. The summed E-state index contributed by atoms with van der Waals surface area (Å²) >= 11 is 0. The second-order valence-corrected chi connectivity index (χ2v) is 12.2. The van der Waals surface area contributed by atoms with Crippen molar-refractivity contribution in [2.45, 2.75) is 53.0 Å². The molecule has 0 aromatic heterocycles. The maximum absolute atomic E-state index is 16.0. The molecule has 0 bridgehead atoms. The van der Waals surface area contributed by atoms with Gasteiger partial charge in [0, 0.05) is 18.2 Å². The number of fused-ring (bicyclic) bond motifs is 1. The molecule has 7 heteroatoms. The predicted molar refractivity (Wildman–Crippen MR) is 131 cm³/mol. The van der Waals surface area contributed by atoms with Gasteiger partial charge < -0.3 is 4.90 Å². The third-order valence-corrected chi connectivity index (χ3v) is 8.46. The number of ketones is 1. The van der Waals surface area contributed by atoms with Crippen LogP contribution in [0, 0.1) is 18.2 Å². The molecule has 0 spiro atoms. The molecule has 0 amide bonds. The lowest BCUT2D eigenvalue weighted by molar-refractivity contribution is 0.0907. The van der Waals surface area contributed by atoms with E-state index >= 15 is 4.39 Å². The number of aryl methyl sites for hydroxylation is 1. The Morgan fingerprint density at radius 3 is 2.45 bits per heavy atom. The van der Waals surface area contributed by atoms with E-state index in [4.69, 9.17) is 0 Å². The summed E-state index contributed by atoms with van der Waals surface area (Å²) in [7, 11) is -3.04. The van der Waals surface area contributed by atoms with Crippen LogP contribution in [0.4, 0.5) is 21.5 Å². The van der Waals surface area contributed by atoms with Crippen LogP contribution in [0.25, 0.3) is 0 Å². The molecule has 0 aliphatic carbocycles. The summed E-state index contributed by atoms with van der Waals surface area (Å²) in [5.74, 6) is -0.0420. The predicted octanol–water partition coefficient (Wildman–Crippen LogP) is 5.76. The topological polar surface area (TPSA) is 57.7 Å². The van der Waals surface area contributed by atoms with Gasteiger partial charge in [-0.1, -0.05) is 25.6 Å². The molecule has 0 saturated carbocycles. The van der Waals surface area contributed by atoms with Crippen molar-refractivity contribution in [2.24, 2.45) is 5.41 Å². The standard InChI is InChI=1S/C26H31FN2O3S/c1-17(2)28-19(4)29(20-8-6-7-18(3)15-20)22-10-9-21(24(27)25(22)28)23(30)16-26(5)11-13-33(31,32)14-12-26/h6-10,15,17H,4,11-14,16H2,1-3,5H3. The van der Waals surface area contributed by atoms with E-state index in [1.165, 1.54) is 0 Å². The van der Waals surface area contributed by atoms with Gasteiger partial charge in [0.05, 0.1) is 22.8 Å². The highest BCUT2D eigenvalue weighted by Gasteiger charge is 2.39. The molecule has 2 aliphatic rings. The molecule has 1 saturated heterocycles. The van der Waals surface area contributed by atoms with Crippen molar-refractivity contribution in [3.63, 3.8) is 0 Å². The van der Waals surface area contributed by atoms with Crippen LogP contribution in [0.1, 0.15) is 56.0 Å². The first kappa shape index (κ1) is 23.5. The summed E-state index contributed by atoms with van der Waals surface area (Å²) in [4.78, 5) is 17.0. The number of Topliss-reactive ketones (excluding diaryl/α,β-unsaturated/α-hetero) is 1. The first-order valence-electron chi connectivity index (χ1n) is 11.3. The normalized spacial score (nSPS) is 19.2. The van der Waals surface area contributed by atoms with E-state index < -0.39 is 21.1 Å². The summed E-state index contributed by atoms with van der Waals surface area (Å²) in [5.41, 5.74) is 2.59. The Morgan fingerprint density at radius 2 is 1.85 bits per heavy atom. The minimum Gasteiger partial charge on any atom is -0.321 e. The van der Waals surface area contributed by atoms with Gasteiger partial charge >= 0.3 is 0 Å². The molecule has 2 aromatic rings. The fourth-order valence-electron chi connectivity index (χ4n) is 4.86. The zero-order chi connectivity index (χ0) is 24.1. The molecular formula is C26H31FN2O3S. The average molecular weight is 471 g/mol. The maximum Gasteiger partial charge on any atom is 0.166 e. The van der Waals surface area contributed by atoms with E-state index in [1.807, 2.05) is 61.8 Å². The van der Waals surface area contributed by atoms with Gasteiger partial charge in [-0.3, -0.25) is 9.69 Å². The van der Waals surface area contributed by atoms with Crippen LogP contribution in [0.5, 0.6) is 0 Å². The number of halogens is 1. The van der Waals surface area contributed by atoms with Crippen molar-refractivity contribution in [3.8, 4) is 0 Å². The molecule has 2 aromatic carbocycles. The fourth-order valence-corrected chi connectivity index (χ4v) is 6.67. The summed E-state index contributed by atoms with van der Waals surface area (Å²) < 4.78 is 39.6. The molecular weight excluding hydrogens is 439 g/mol. The Morgan fingerprint density at radius 1 is 1.18 bits per heavy atom. The summed E-state index contributed by atoms with van der Waals surface area (Å²) in [6.45, 7) is 12.1. The van der Waals surface area contributed by atoms with Crippen LogP contribution in [0.2, 0.25) is 0 Å². The van der Waals surface area contributed by atoms with Crippen LogP contribution >= 0.6 is 0 Å². The molecule has 5 nitrogen and oxygen atoms in total. The first-order valence-corrected chi connectivity index (χ1v) is 13.2. The highest BCUT2D eigenvalue weighted by atomic mass is 32.2. The van der Waals surface area contributed by atoms with Gasteiger partial charge in [-0.05, 0) is 68.9 Å². The number of carbonyl (C=O) groups excluding carboxylic acids is 1. The lowest BCUT2D eigenvalue weighted by atomic mass is 9.78. The Hall–Kier alpha value is -2.67. The van der Waals surface area contributed by atoms with Crippen molar-refractivity contribution < 1.29 is 17.6 Å². The Labute approximate surface area is 195 Å². The van der Waals surface area contributed by atoms with Crippen LogP contribution in [0.15, 0.2) is 48.8 Å². The fraction of sp³-hybridized carbons (Fsp3) is 0.423. The van der Waals surface area contributed by atoms with Crippen LogP contribution in [0.3, 0.4) is 0 Å². The molecule has 4 rings (SSSR count). The number of rotatable bonds is 5. The second-order valence-electron chi connectivity index (χ2n) is 9.91. The van der Waals surface area contributed by atoms with Gasteiger partial charge in [0.15, 0.2) is 11.6 Å². The molecule has 176 valence electrons. The Kier molecular flexibility index (Phi) is 5.89. The molecule has 0 atom stereocenters. The Balaban J connectivity index is 1.72. The molecule has 2 aliphatic heterocycles. The van der Waals surface area contributed by atoms with Crippen molar-refractivity contribution >= 4 is 32.7 Å². The first-order chi connectivity index (χ1) is 15.4. The lowest BCUT2D eigenvalue weighted by Crippen LogP contribution is -2.33. The SMILES string of the molecule is C=C1N(c2cccc(C)c2)c2ccc(C(=O)CC3(C)CCS(=O)(=O)CC3)c(F)c2N1C(C)C. The third kappa shape index (κ3) is 4.31. The van der Waals surface area contributed by atoms with E-state index in [1.54, 1.807) is 12.1 Å². The number of benzene rings is 2. The number of hydrogen-bond acceptors (Lipinski definition) is 5. The Bertz CT molecular complexity index is 1220. The monoisotopic (exact) mass is 470 g/mol. The van der Waals surface area contributed by atoms with Crippen molar-refractivity contribution in [1.82, 2.24) is 0 Å². The zero-order valence-corrected chi connectivity index (χ0v) is 20.5. The number of carbonyl (C=O) groups is 1. The average Bonchev–Trinajstić information content (AvgIpc) is 3.04. The number of nitrogens with zero attached hydrogens (tertiary/aromatic N) is 2. The lowest BCUT2D eigenvalue weighted by Gasteiger charge is -2.33. The van der Waals surface area contributed by atoms with Gasteiger partial charge in [0.25, 0.3) is 0 Å². The van der Waals surface area contributed by atoms with Crippen molar-refractivity contribution in [3.05, 3.63) is 65.7 Å². The van der Waals surface area contributed by atoms with Gasteiger partial charge in [0.2, 0.25) is 0 Å². The van der Waals surface area contributed by atoms with Crippen LogP contribution in [-0.2, 0) is 9.84 Å². The van der Waals surface area contributed by atoms with Crippen molar-refractivity contribution in [2.75, 3.05) is 21.3 Å². The highest BCUT2D eigenvalue weighted by Crippen LogP contribution is 2.49. The van der Waals surface area contributed by atoms with E-state index in [-0.39, 0.29) is 35.3 Å². The van der Waals surface area contributed by atoms with Crippen molar-refractivity contribution in [1.29, 1.82) is 0 Å². The minimum atomic E-state index is -3.04. The number of sulfone groups is 1. The van der Waals surface area contributed by atoms with Crippen LogP contribution < -0.4 is 9.80 Å². The van der Waals surface area contributed by atoms with Gasteiger partial charge in [-0.2, -0.15) is 0 Å². The maximum atomic E-state index is 16.0. The van der Waals surface area contributed by atoms with Crippen LogP contribution in [-0.4, -0.2) is 31.7 Å². The zero-order valence-electron chi connectivity index (χ0n) is 19.7. The third-order valence-electron chi connectivity index (χ3n) is 6.81. The highest BCUT2D eigenvalue weighted by molar-refractivity contribution is 7.91. The number of hydrogen-bond donors (Lipinski definition) is 0. The molecule has 2 heterocycles. The molecule has 0 unspecified atom stereocenters. The van der Waals surface area contributed by atoms with E-state index in [9.17, 15) is 13.2 Å². The van der Waals surface area contributed by atoms with Gasteiger partial charge in [0.1, 0.15) is 21.3 Å². The second kappa shape index (κ2) is 8.28. The molecule has 0 N–H and O–H groups in total. The molecule has 33 heavy (non-hydrogen) atoms. The number of anilines is 3. The van der Waals surface area contributed by atoms with Gasteiger partial charge in [-0.25, -0.2) is 12.8 Å². The van der Waals surface area contributed by atoms with E-state index in [0.29, 0.717) is 30.0 Å². The molecule has 0 radical (unpaired) electrons. The van der Waals surface area contributed by atoms with E-state index in [2.05, 4.69) is 6.58 Å². The summed E-state index contributed by atoms with van der Waals surface area (Å²) in [6, 6.07) is 11.2. The summed E-state index contributed by atoms with van der Waals surface area (Å²) in [6.07, 6.45) is 0.968. The minimum absolute atomic E-state index is 0.0490. The smallest absolute Gasteiger partial charge is 0.166 e. The largest absolute Gasteiger partial charge is 0.321 e. The summed E-state index contributed by atoms with van der Waals surface area (Å²) in [5, 5.41) is 0.